The number of hydrogen-bond acceptors (Lipinski definition) is 2. The Bertz CT molecular complexity index is 519. The van der Waals surface area contributed by atoms with Crippen molar-refractivity contribution >= 4 is 5.91 Å². The van der Waals surface area contributed by atoms with Crippen molar-refractivity contribution in [2.75, 3.05) is 13.6 Å². The summed E-state index contributed by atoms with van der Waals surface area (Å²) >= 11 is 0. The van der Waals surface area contributed by atoms with Gasteiger partial charge in [-0.05, 0) is 43.9 Å². The Morgan fingerprint density at radius 2 is 2.05 bits per heavy atom. The number of halogens is 2. The molecular weight excluding hydrogens is 262 g/mol. The average Bonchev–Trinajstić information content (AvgIpc) is 2.89. The molecule has 2 unspecified atom stereocenters. The van der Waals surface area contributed by atoms with Crippen LogP contribution < -0.4 is 5.73 Å². The molecule has 1 aromatic carbocycles. The number of carbonyl (C=O) groups excluding carboxylic acids is 1. The molecule has 20 heavy (non-hydrogen) atoms. The summed E-state index contributed by atoms with van der Waals surface area (Å²) in [4.78, 5) is 14.0. The molecule has 1 amide bonds. The second kappa shape index (κ2) is 5.87. The van der Waals surface area contributed by atoms with Crippen LogP contribution in [0.3, 0.4) is 0 Å². The van der Waals surface area contributed by atoms with E-state index >= 15 is 0 Å². The van der Waals surface area contributed by atoms with Gasteiger partial charge in [-0.15, -0.1) is 0 Å². The molecule has 3 nitrogen and oxygen atoms in total. The minimum atomic E-state index is -0.813. The van der Waals surface area contributed by atoms with E-state index in [2.05, 4.69) is 0 Å². The molecule has 2 N–H and O–H groups in total. The van der Waals surface area contributed by atoms with E-state index in [-0.39, 0.29) is 23.1 Å². The van der Waals surface area contributed by atoms with Gasteiger partial charge in [-0.25, -0.2) is 8.78 Å². The van der Waals surface area contributed by atoms with Crippen LogP contribution in [0.15, 0.2) is 12.1 Å². The third kappa shape index (κ3) is 2.68. The smallest absolute Gasteiger partial charge is 0.256 e. The van der Waals surface area contributed by atoms with Gasteiger partial charge in [0, 0.05) is 19.2 Å². The fraction of sp³-hybridized carbons (Fsp3) is 0.533. The van der Waals surface area contributed by atoms with Gasteiger partial charge in [0.15, 0.2) is 0 Å². The second-order valence-electron chi connectivity index (χ2n) is 5.49. The largest absolute Gasteiger partial charge is 0.338 e. The Balaban J connectivity index is 2.25. The van der Waals surface area contributed by atoms with Crippen LogP contribution in [0, 0.1) is 24.5 Å². The molecule has 0 bridgehead atoms. The van der Waals surface area contributed by atoms with E-state index in [9.17, 15) is 13.6 Å². The van der Waals surface area contributed by atoms with Crippen LogP contribution >= 0.6 is 0 Å². The van der Waals surface area contributed by atoms with Crippen molar-refractivity contribution in [1.29, 1.82) is 0 Å². The van der Waals surface area contributed by atoms with Gasteiger partial charge in [-0.1, -0.05) is 6.42 Å². The lowest BCUT2D eigenvalue weighted by atomic mass is 10.0. The topological polar surface area (TPSA) is 46.3 Å². The molecule has 0 aliphatic heterocycles. The van der Waals surface area contributed by atoms with Gasteiger partial charge < -0.3 is 10.6 Å². The van der Waals surface area contributed by atoms with E-state index in [0.717, 1.165) is 25.3 Å². The summed E-state index contributed by atoms with van der Waals surface area (Å²) in [7, 11) is 1.67. The minimum absolute atomic E-state index is 0.0391. The van der Waals surface area contributed by atoms with Crippen molar-refractivity contribution in [3.05, 3.63) is 34.9 Å². The first-order chi connectivity index (χ1) is 9.45. The van der Waals surface area contributed by atoms with Crippen LogP contribution in [0.2, 0.25) is 0 Å². The average molecular weight is 282 g/mol. The molecule has 2 atom stereocenters. The predicted molar refractivity (Wildman–Crippen MR) is 73.4 cm³/mol. The van der Waals surface area contributed by atoms with Gasteiger partial charge in [0.05, 0.1) is 5.56 Å². The van der Waals surface area contributed by atoms with Gasteiger partial charge in [-0.2, -0.15) is 0 Å². The van der Waals surface area contributed by atoms with Crippen LogP contribution in [0.1, 0.15) is 35.2 Å². The quantitative estimate of drug-likeness (QED) is 0.925. The number of hydrogen-bond donors (Lipinski definition) is 1. The van der Waals surface area contributed by atoms with Crippen LogP contribution in [0.4, 0.5) is 8.78 Å². The monoisotopic (exact) mass is 282 g/mol. The molecule has 110 valence electrons. The number of nitrogens with two attached hydrogens (primary N) is 1. The van der Waals surface area contributed by atoms with Crippen molar-refractivity contribution in [2.24, 2.45) is 11.7 Å². The van der Waals surface area contributed by atoms with Crippen LogP contribution in [-0.4, -0.2) is 30.4 Å². The van der Waals surface area contributed by atoms with Crippen molar-refractivity contribution in [1.82, 2.24) is 4.90 Å². The highest BCUT2D eigenvalue weighted by Gasteiger charge is 2.33. The number of nitrogens with zero attached hydrogens (tertiary/aromatic N) is 1. The fourth-order valence-corrected chi connectivity index (χ4v) is 2.96. The molecule has 1 aromatic rings. The van der Waals surface area contributed by atoms with E-state index < -0.39 is 17.5 Å². The Kier molecular flexibility index (Phi) is 4.38. The summed E-state index contributed by atoms with van der Waals surface area (Å²) in [5, 5.41) is 0. The molecule has 0 radical (unpaired) electrons. The van der Waals surface area contributed by atoms with Crippen LogP contribution in [-0.2, 0) is 0 Å². The summed E-state index contributed by atoms with van der Waals surface area (Å²) in [5.41, 5.74) is 5.91. The van der Waals surface area contributed by atoms with E-state index in [1.165, 1.54) is 13.0 Å². The Morgan fingerprint density at radius 3 is 2.70 bits per heavy atom. The maximum absolute atomic E-state index is 13.8. The van der Waals surface area contributed by atoms with E-state index in [0.29, 0.717) is 6.54 Å². The first-order valence-electron chi connectivity index (χ1n) is 6.88. The number of aryl methyl sites for hydroxylation is 1. The summed E-state index contributed by atoms with van der Waals surface area (Å²) in [6.45, 7) is 2.04. The van der Waals surface area contributed by atoms with Crippen LogP contribution in [0.5, 0.6) is 0 Å². The van der Waals surface area contributed by atoms with Gasteiger partial charge in [0.1, 0.15) is 11.6 Å². The maximum Gasteiger partial charge on any atom is 0.256 e. The zero-order chi connectivity index (χ0) is 14.9. The molecular formula is C15H20F2N2O. The van der Waals surface area contributed by atoms with E-state index in [1.807, 2.05) is 0 Å². The normalized spacial score (nSPS) is 22.1. The van der Waals surface area contributed by atoms with Crippen molar-refractivity contribution in [2.45, 2.75) is 32.2 Å². The molecule has 5 heteroatoms. The van der Waals surface area contributed by atoms with Gasteiger partial charge in [-0.3, -0.25) is 4.79 Å². The Hall–Kier alpha value is -1.49. The molecule has 0 aromatic heterocycles. The summed E-state index contributed by atoms with van der Waals surface area (Å²) < 4.78 is 27.1. The third-order valence-electron chi connectivity index (χ3n) is 4.22. The van der Waals surface area contributed by atoms with Gasteiger partial charge in [0.2, 0.25) is 0 Å². The molecule has 1 fully saturated rings. The Morgan fingerprint density at radius 1 is 1.35 bits per heavy atom. The van der Waals surface area contributed by atoms with Crippen molar-refractivity contribution in [3.63, 3.8) is 0 Å². The Labute approximate surface area is 117 Å². The zero-order valence-corrected chi connectivity index (χ0v) is 11.8. The first-order valence-corrected chi connectivity index (χ1v) is 6.88. The summed E-state index contributed by atoms with van der Waals surface area (Å²) in [6.07, 6.45) is 2.89. The van der Waals surface area contributed by atoms with E-state index in [1.54, 1.807) is 11.9 Å². The van der Waals surface area contributed by atoms with E-state index in [4.69, 9.17) is 5.73 Å². The second-order valence-corrected chi connectivity index (χ2v) is 5.49. The maximum atomic E-state index is 13.8. The predicted octanol–water partition coefficient (Wildman–Crippen LogP) is 2.47. The van der Waals surface area contributed by atoms with Gasteiger partial charge in [0.25, 0.3) is 5.91 Å². The molecule has 0 spiro atoms. The molecule has 1 saturated carbocycles. The molecule has 2 rings (SSSR count). The number of amides is 1. The lowest BCUT2D eigenvalue weighted by molar-refractivity contribution is 0.0695. The number of carbonyl (C=O) groups is 1. The standard InChI is InChI=1S/C15H20F2N2O/c1-9-6-11(13(17)7-12(9)16)15(20)19(2)14-5-3-4-10(14)8-18/h6-7,10,14H,3-5,8,18H2,1-2H3. The molecule has 0 heterocycles. The fourth-order valence-electron chi connectivity index (χ4n) is 2.96. The molecule has 1 aliphatic carbocycles. The van der Waals surface area contributed by atoms with Crippen LogP contribution in [0.25, 0.3) is 0 Å². The van der Waals surface area contributed by atoms with Crippen molar-refractivity contribution < 1.29 is 13.6 Å². The zero-order valence-electron chi connectivity index (χ0n) is 11.8. The third-order valence-corrected chi connectivity index (χ3v) is 4.22. The summed E-state index contributed by atoms with van der Waals surface area (Å²) in [5.74, 6) is -1.60. The van der Waals surface area contributed by atoms with Gasteiger partial charge >= 0.3 is 0 Å². The highest BCUT2D eigenvalue weighted by Crippen LogP contribution is 2.29. The lowest BCUT2D eigenvalue weighted by Gasteiger charge is -2.29. The SMILES string of the molecule is Cc1cc(C(=O)N(C)C2CCCC2CN)c(F)cc1F. The molecule has 1 aliphatic rings. The number of benzene rings is 1. The van der Waals surface area contributed by atoms with Crippen molar-refractivity contribution in [3.8, 4) is 0 Å². The summed E-state index contributed by atoms with van der Waals surface area (Å²) in [6, 6.07) is 2.08. The minimum Gasteiger partial charge on any atom is -0.338 e. The number of rotatable bonds is 3. The highest BCUT2D eigenvalue weighted by molar-refractivity contribution is 5.94. The highest BCUT2D eigenvalue weighted by atomic mass is 19.1. The first kappa shape index (κ1) is 14.9. The lowest BCUT2D eigenvalue weighted by Crippen LogP contribution is -2.41. The molecule has 0 saturated heterocycles.